The van der Waals surface area contributed by atoms with Crippen LogP contribution < -0.4 is 4.74 Å². The van der Waals surface area contributed by atoms with Gasteiger partial charge in [-0.25, -0.2) is 9.78 Å². The third kappa shape index (κ3) is 3.81. The van der Waals surface area contributed by atoms with Crippen molar-refractivity contribution in [2.75, 3.05) is 20.2 Å². The third-order valence-corrected chi connectivity index (χ3v) is 3.58. The van der Waals surface area contributed by atoms with Gasteiger partial charge in [-0.3, -0.25) is 0 Å². The fourth-order valence-electron chi connectivity index (χ4n) is 2.31. The van der Waals surface area contributed by atoms with Gasteiger partial charge in [0.2, 0.25) is 5.88 Å². The number of carbonyl (C=O) groups is 1. The monoisotopic (exact) mass is 284 g/mol. The minimum Gasteiger partial charge on any atom is -0.478 e. The zero-order chi connectivity index (χ0) is 13.8. The Morgan fingerprint density at radius 3 is 3.05 bits per heavy atom. The Balaban J connectivity index is 1.90. The number of nitrogens with zero attached hydrogens (tertiary/aromatic N) is 2. The summed E-state index contributed by atoms with van der Waals surface area (Å²) in [5, 5.41) is 9.05. The molecule has 1 aromatic rings. The molecule has 1 aliphatic heterocycles. The van der Waals surface area contributed by atoms with E-state index >= 15 is 0 Å². The molecule has 0 spiro atoms. The predicted molar refractivity (Wildman–Crippen MR) is 72.0 cm³/mol. The maximum atomic E-state index is 10.9. The Labute approximate surface area is 117 Å². The number of aromatic nitrogens is 1. The van der Waals surface area contributed by atoms with Crippen LogP contribution >= 0.6 is 11.6 Å². The maximum absolute atomic E-state index is 10.9. The van der Waals surface area contributed by atoms with E-state index in [9.17, 15) is 4.79 Å². The first kappa shape index (κ1) is 14.1. The summed E-state index contributed by atoms with van der Waals surface area (Å²) in [6, 6.07) is 3.24. The number of likely N-dealkylation sites (tertiary alicyclic amines) is 1. The van der Waals surface area contributed by atoms with Gasteiger partial charge in [0, 0.05) is 12.1 Å². The number of carboxylic acid groups (broad SMARTS) is 1. The third-order valence-electron chi connectivity index (χ3n) is 3.39. The van der Waals surface area contributed by atoms with Crippen LogP contribution in [0.4, 0.5) is 0 Å². The summed E-state index contributed by atoms with van der Waals surface area (Å²) in [7, 11) is 2.11. The van der Waals surface area contributed by atoms with E-state index in [0.717, 1.165) is 13.0 Å². The highest BCUT2D eigenvalue weighted by Crippen LogP contribution is 2.20. The highest BCUT2D eigenvalue weighted by atomic mass is 35.5. The van der Waals surface area contributed by atoms with E-state index < -0.39 is 5.97 Å². The number of halogens is 1. The number of carboxylic acids is 1. The molecule has 5 nitrogen and oxygen atoms in total. The Kier molecular flexibility index (Phi) is 4.61. The van der Waals surface area contributed by atoms with Crippen molar-refractivity contribution < 1.29 is 14.6 Å². The van der Waals surface area contributed by atoms with Gasteiger partial charge in [-0.05, 0) is 38.9 Å². The zero-order valence-electron chi connectivity index (χ0n) is 10.8. The van der Waals surface area contributed by atoms with Gasteiger partial charge < -0.3 is 14.7 Å². The van der Waals surface area contributed by atoms with E-state index in [2.05, 4.69) is 16.9 Å². The highest BCUT2D eigenvalue weighted by molar-refractivity contribution is 6.29. The molecule has 2 rings (SSSR count). The van der Waals surface area contributed by atoms with Crippen molar-refractivity contribution in [3.8, 4) is 5.88 Å². The van der Waals surface area contributed by atoms with E-state index in [1.165, 1.54) is 25.0 Å². The maximum Gasteiger partial charge on any atom is 0.335 e. The largest absolute Gasteiger partial charge is 0.478 e. The lowest BCUT2D eigenvalue weighted by molar-refractivity contribution is 0.0696. The Morgan fingerprint density at radius 1 is 1.63 bits per heavy atom. The predicted octanol–water partition coefficient (Wildman–Crippen LogP) is 2.30. The Hall–Kier alpha value is -1.33. The molecule has 0 radical (unpaired) electrons. The molecule has 0 aromatic carbocycles. The quantitative estimate of drug-likeness (QED) is 0.841. The Bertz CT molecular complexity index is 467. The van der Waals surface area contributed by atoms with Crippen LogP contribution in [0, 0.1) is 0 Å². The lowest BCUT2D eigenvalue weighted by Gasteiger charge is -2.19. The molecule has 1 saturated heterocycles. The molecule has 1 N–H and O–H groups in total. The fourth-order valence-corrected chi connectivity index (χ4v) is 2.51. The van der Waals surface area contributed by atoms with E-state index in [0.29, 0.717) is 12.6 Å². The van der Waals surface area contributed by atoms with Crippen molar-refractivity contribution in [3.63, 3.8) is 0 Å². The molecule has 0 bridgehead atoms. The molecule has 19 heavy (non-hydrogen) atoms. The summed E-state index contributed by atoms with van der Waals surface area (Å²) in [4.78, 5) is 17.2. The van der Waals surface area contributed by atoms with Gasteiger partial charge >= 0.3 is 5.97 Å². The average Bonchev–Trinajstić information content (AvgIpc) is 2.74. The molecule has 0 saturated carbocycles. The van der Waals surface area contributed by atoms with Gasteiger partial charge in [0.15, 0.2) is 0 Å². The molecule has 1 atom stereocenters. The van der Waals surface area contributed by atoms with Crippen LogP contribution in [0.1, 0.15) is 29.6 Å². The molecule has 0 aliphatic carbocycles. The first-order valence-corrected chi connectivity index (χ1v) is 6.68. The number of rotatable bonds is 5. The average molecular weight is 285 g/mol. The zero-order valence-corrected chi connectivity index (χ0v) is 11.6. The van der Waals surface area contributed by atoms with Crippen molar-refractivity contribution in [1.29, 1.82) is 0 Å². The fraction of sp³-hybridized carbons (Fsp3) is 0.538. The van der Waals surface area contributed by atoms with Crippen molar-refractivity contribution in [3.05, 3.63) is 22.8 Å². The van der Waals surface area contributed by atoms with E-state index in [-0.39, 0.29) is 16.6 Å². The molecule has 104 valence electrons. The second-order valence-electron chi connectivity index (χ2n) is 4.74. The second kappa shape index (κ2) is 6.21. The first-order chi connectivity index (χ1) is 9.06. The van der Waals surface area contributed by atoms with Crippen LogP contribution in [-0.4, -0.2) is 47.2 Å². The van der Waals surface area contributed by atoms with E-state index in [1.807, 2.05) is 0 Å². The molecular formula is C13H17ClN2O3. The lowest BCUT2D eigenvalue weighted by atomic mass is 10.1. The minimum atomic E-state index is -1.04. The van der Waals surface area contributed by atoms with Crippen LogP contribution in [0.25, 0.3) is 0 Å². The summed E-state index contributed by atoms with van der Waals surface area (Å²) in [6.45, 7) is 1.64. The molecule has 1 aromatic heterocycles. The van der Waals surface area contributed by atoms with Gasteiger partial charge in [-0.2, -0.15) is 0 Å². The number of hydrogen-bond acceptors (Lipinski definition) is 4. The molecule has 6 heteroatoms. The molecular weight excluding hydrogens is 268 g/mol. The van der Waals surface area contributed by atoms with Gasteiger partial charge in [0.05, 0.1) is 12.2 Å². The molecule has 1 aliphatic rings. The van der Waals surface area contributed by atoms with Crippen LogP contribution in [-0.2, 0) is 0 Å². The number of pyridine rings is 1. The summed E-state index contributed by atoms with van der Waals surface area (Å²) in [5.74, 6) is -0.768. The van der Waals surface area contributed by atoms with E-state index in [1.54, 1.807) is 0 Å². The summed E-state index contributed by atoms with van der Waals surface area (Å²) >= 11 is 5.76. The summed E-state index contributed by atoms with van der Waals surface area (Å²) in [6.07, 6.45) is 3.32. The SMILES string of the molecule is CN1CCCC1CCOc1cc(C(=O)O)cc(Cl)n1. The number of hydrogen-bond donors (Lipinski definition) is 1. The highest BCUT2D eigenvalue weighted by Gasteiger charge is 2.20. The van der Waals surface area contributed by atoms with Crippen LogP contribution in [0.3, 0.4) is 0 Å². The van der Waals surface area contributed by atoms with Gasteiger partial charge in [-0.15, -0.1) is 0 Å². The standard InChI is InChI=1S/C13H17ClN2O3/c1-16-5-2-3-10(16)4-6-19-12-8-9(13(17)18)7-11(14)15-12/h7-8,10H,2-6H2,1H3,(H,17,18). The first-order valence-electron chi connectivity index (χ1n) is 6.30. The van der Waals surface area contributed by atoms with Crippen LogP contribution in [0.2, 0.25) is 5.15 Å². The van der Waals surface area contributed by atoms with Gasteiger partial charge in [0.25, 0.3) is 0 Å². The van der Waals surface area contributed by atoms with E-state index in [4.69, 9.17) is 21.4 Å². The normalized spacial score (nSPS) is 19.6. The second-order valence-corrected chi connectivity index (χ2v) is 5.12. The minimum absolute atomic E-state index is 0.0907. The van der Waals surface area contributed by atoms with Gasteiger partial charge in [0.1, 0.15) is 5.15 Å². The van der Waals surface area contributed by atoms with Crippen molar-refractivity contribution in [2.24, 2.45) is 0 Å². The van der Waals surface area contributed by atoms with Gasteiger partial charge in [-0.1, -0.05) is 11.6 Å². The molecule has 0 amide bonds. The smallest absolute Gasteiger partial charge is 0.335 e. The van der Waals surface area contributed by atoms with Crippen LogP contribution in [0.5, 0.6) is 5.88 Å². The molecule has 2 heterocycles. The topological polar surface area (TPSA) is 62.7 Å². The number of ether oxygens (including phenoxy) is 1. The summed E-state index contributed by atoms with van der Waals surface area (Å²) < 4.78 is 5.50. The molecule has 1 unspecified atom stereocenters. The van der Waals surface area contributed by atoms with Crippen molar-refractivity contribution in [1.82, 2.24) is 9.88 Å². The Morgan fingerprint density at radius 2 is 2.42 bits per heavy atom. The summed E-state index contributed by atoms with van der Waals surface area (Å²) in [5.41, 5.74) is 0.0907. The number of aromatic carboxylic acids is 1. The van der Waals surface area contributed by atoms with Crippen molar-refractivity contribution >= 4 is 17.6 Å². The lowest BCUT2D eigenvalue weighted by Crippen LogP contribution is -2.26. The molecule has 1 fully saturated rings. The van der Waals surface area contributed by atoms with Crippen LogP contribution in [0.15, 0.2) is 12.1 Å². The van der Waals surface area contributed by atoms with Crippen molar-refractivity contribution in [2.45, 2.75) is 25.3 Å².